The van der Waals surface area contributed by atoms with Crippen LogP contribution in [0, 0.1) is 98.8 Å². The van der Waals surface area contributed by atoms with Gasteiger partial charge in [0.25, 0.3) is 0 Å². The second-order valence-corrected chi connectivity index (χ2v) is 8.40. The number of terminal acetylenes is 8. The van der Waals surface area contributed by atoms with Crippen molar-refractivity contribution in [2.24, 2.45) is 0 Å². The molecule has 0 atom stereocenters. The average molecular weight is 698 g/mol. The number of nitrogens with one attached hydrogen (secondary N) is 2. The number of aromatic amines is 2. The molecule has 0 radical (unpaired) electrons. The van der Waals surface area contributed by atoms with Crippen molar-refractivity contribution in [3.63, 3.8) is 0 Å². The van der Waals surface area contributed by atoms with Crippen molar-refractivity contribution in [2.75, 3.05) is 0 Å². The first kappa shape index (κ1) is 27.8. The van der Waals surface area contributed by atoms with E-state index in [0.29, 0.717) is 89.4 Å². The Balaban J connectivity index is 0.00000387. The second-order valence-electron chi connectivity index (χ2n) is 8.40. The fourth-order valence-corrected chi connectivity index (χ4v) is 4.66. The van der Waals surface area contributed by atoms with Crippen LogP contribution >= 0.6 is 0 Å². The minimum atomic E-state index is 0. The fourth-order valence-electron chi connectivity index (χ4n) is 4.66. The molecular formula is C36H14N4Pt. The van der Waals surface area contributed by atoms with Crippen molar-refractivity contribution >= 4 is 44.4 Å². The molecule has 0 saturated carbocycles. The van der Waals surface area contributed by atoms with E-state index in [4.69, 9.17) is 61.4 Å². The predicted octanol–water partition coefficient (Wildman–Crippen LogP) is 4.59. The zero-order valence-electron chi connectivity index (χ0n) is 21.1. The summed E-state index contributed by atoms with van der Waals surface area (Å²) in [5, 5.41) is 0. The van der Waals surface area contributed by atoms with Gasteiger partial charge in [0.05, 0.1) is 89.4 Å². The molecule has 5 rings (SSSR count). The first-order valence-corrected chi connectivity index (χ1v) is 11.5. The maximum Gasteiger partial charge on any atom is 0.0829 e. The van der Waals surface area contributed by atoms with Crippen LogP contribution in [0.2, 0.25) is 0 Å². The summed E-state index contributed by atoms with van der Waals surface area (Å²) in [6.45, 7) is 0. The zero-order chi connectivity index (χ0) is 28.6. The van der Waals surface area contributed by atoms with Crippen LogP contribution in [0.3, 0.4) is 0 Å². The molecule has 0 aromatic carbocycles. The molecule has 0 aliphatic carbocycles. The van der Waals surface area contributed by atoms with Crippen LogP contribution in [-0.4, -0.2) is 19.9 Å². The van der Waals surface area contributed by atoms with Crippen molar-refractivity contribution in [3.8, 4) is 98.8 Å². The molecule has 4 nitrogen and oxygen atoms in total. The third-order valence-corrected chi connectivity index (χ3v) is 6.40. The van der Waals surface area contributed by atoms with E-state index in [2.05, 4.69) is 57.3 Å². The number of aromatic nitrogens is 4. The van der Waals surface area contributed by atoms with Gasteiger partial charge >= 0.3 is 0 Å². The Morgan fingerprint density at radius 1 is 0.390 bits per heavy atom. The molecule has 0 unspecified atom stereocenters. The SMILES string of the molecule is C#CC1=C(C#C)c2cc3[nH]c(cc4[nH]c(cc5nc(cc1n2)C(C#C)=C5C#C)c(C#C)c4C#C)c(C#C)c3C#C.[Pt]. The Morgan fingerprint density at radius 3 is 0.927 bits per heavy atom. The monoisotopic (exact) mass is 697 g/mol. The van der Waals surface area contributed by atoms with E-state index in [9.17, 15) is 0 Å². The fraction of sp³-hybridized carbons (Fsp3) is 0. The Hall–Kier alpha value is -6.23. The summed E-state index contributed by atoms with van der Waals surface area (Å²) in [6.07, 6.45) is 46.9. The van der Waals surface area contributed by atoms with Crippen LogP contribution in [0.5, 0.6) is 0 Å². The van der Waals surface area contributed by atoms with Gasteiger partial charge in [-0.1, -0.05) is 47.4 Å². The first-order valence-electron chi connectivity index (χ1n) is 11.5. The summed E-state index contributed by atoms with van der Waals surface area (Å²) in [6, 6.07) is 6.76. The van der Waals surface area contributed by atoms with Gasteiger partial charge in [0, 0.05) is 21.1 Å². The standard InChI is InChI=1S/C36H14N4.Pt/c1-9-21-22(10-2)30-18-32-25(13-5)26(14-6)34(39-32)20-36-28(16-8)27(15-7)35(40-36)19-33-24(12-4)23(11-3)31(38-33)17-29(21)37-30;/h1-8,17-20,37-38H;. The van der Waals surface area contributed by atoms with Gasteiger partial charge in [-0.2, -0.15) is 0 Å². The molecule has 3 aromatic rings. The number of nitrogens with zero attached hydrogens (tertiary/aromatic N) is 2. The molecule has 5 heteroatoms. The minimum Gasteiger partial charge on any atom is -0.353 e. The molecule has 2 N–H and O–H groups in total. The van der Waals surface area contributed by atoms with Crippen molar-refractivity contribution in [1.82, 2.24) is 19.9 Å². The smallest absolute Gasteiger partial charge is 0.0829 e. The molecule has 2 aliphatic rings. The molecule has 8 bridgehead atoms. The number of H-pyrrole nitrogens is 2. The van der Waals surface area contributed by atoms with Crippen LogP contribution in [0.1, 0.15) is 45.0 Å². The van der Waals surface area contributed by atoms with E-state index in [1.165, 1.54) is 0 Å². The summed E-state index contributed by atoms with van der Waals surface area (Å²) in [7, 11) is 0. The van der Waals surface area contributed by atoms with E-state index in [-0.39, 0.29) is 21.1 Å². The van der Waals surface area contributed by atoms with Gasteiger partial charge in [-0.3, -0.25) is 0 Å². The summed E-state index contributed by atoms with van der Waals surface area (Å²) in [5.41, 5.74) is 6.93. The van der Waals surface area contributed by atoms with Gasteiger partial charge in [0.1, 0.15) is 0 Å². The third kappa shape index (κ3) is 4.23. The molecule has 0 spiro atoms. The largest absolute Gasteiger partial charge is 0.353 e. The van der Waals surface area contributed by atoms with Gasteiger partial charge < -0.3 is 9.97 Å². The number of hydrogen-bond donors (Lipinski definition) is 2. The Bertz CT molecular complexity index is 2130. The molecule has 3 aromatic heterocycles. The van der Waals surface area contributed by atoms with E-state index < -0.39 is 0 Å². The van der Waals surface area contributed by atoms with Crippen molar-refractivity contribution in [3.05, 3.63) is 69.3 Å². The van der Waals surface area contributed by atoms with Crippen molar-refractivity contribution in [1.29, 1.82) is 0 Å². The molecule has 0 fully saturated rings. The number of fused-ring (bicyclic) bond motifs is 8. The topological polar surface area (TPSA) is 57.4 Å². The summed E-state index contributed by atoms with van der Waals surface area (Å²) in [4.78, 5) is 15.9. The van der Waals surface area contributed by atoms with Crippen LogP contribution in [-0.2, 0) is 21.1 Å². The van der Waals surface area contributed by atoms with Gasteiger partial charge in [-0.15, -0.1) is 51.4 Å². The molecule has 0 saturated heterocycles. The maximum atomic E-state index is 5.87. The quantitative estimate of drug-likeness (QED) is 0.338. The number of rotatable bonds is 0. The Labute approximate surface area is 252 Å². The van der Waals surface area contributed by atoms with E-state index in [0.717, 1.165) is 0 Å². The number of allylic oxidation sites excluding steroid dienone is 4. The molecule has 0 amide bonds. The molecule has 188 valence electrons. The Morgan fingerprint density at radius 2 is 0.659 bits per heavy atom. The summed E-state index contributed by atoms with van der Waals surface area (Å²) in [5.74, 6) is 21.1. The third-order valence-electron chi connectivity index (χ3n) is 6.40. The molecule has 41 heavy (non-hydrogen) atoms. The van der Waals surface area contributed by atoms with Crippen molar-refractivity contribution in [2.45, 2.75) is 0 Å². The zero-order valence-corrected chi connectivity index (χ0v) is 23.4. The van der Waals surface area contributed by atoms with E-state index >= 15 is 0 Å². The first-order chi connectivity index (χ1) is 19.5. The van der Waals surface area contributed by atoms with E-state index in [1.54, 1.807) is 24.3 Å². The van der Waals surface area contributed by atoms with Gasteiger partial charge in [-0.05, 0) is 24.3 Å². The van der Waals surface area contributed by atoms with Crippen LogP contribution < -0.4 is 0 Å². The molecule has 5 heterocycles. The van der Waals surface area contributed by atoms with Gasteiger partial charge in [0.15, 0.2) is 0 Å². The second kappa shape index (κ2) is 10.9. The minimum absolute atomic E-state index is 0. The predicted molar refractivity (Wildman–Crippen MR) is 162 cm³/mol. The van der Waals surface area contributed by atoms with Gasteiger partial charge in [0.2, 0.25) is 0 Å². The average Bonchev–Trinajstić information content (AvgIpc) is 3.67. The summed E-state index contributed by atoms with van der Waals surface area (Å²) < 4.78 is 0. The molecular weight excluding hydrogens is 684 g/mol. The number of hydrogen-bond acceptors (Lipinski definition) is 2. The van der Waals surface area contributed by atoms with Gasteiger partial charge in [-0.25, -0.2) is 9.97 Å². The Kier molecular flexibility index (Phi) is 7.37. The van der Waals surface area contributed by atoms with E-state index in [1.807, 2.05) is 0 Å². The molecule has 2 aliphatic heterocycles. The maximum absolute atomic E-state index is 5.87. The van der Waals surface area contributed by atoms with Crippen LogP contribution in [0.15, 0.2) is 24.3 Å². The van der Waals surface area contributed by atoms with Crippen molar-refractivity contribution < 1.29 is 21.1 Å². The van der Waals surface area contributed by atoms with Crippen LogP contribution in [0.4, 0.5) is 0 Å². The summed E-state index contributed by atoms with van der Waals surface area (Å²) >= 11 is 0. The van der Waals surface area contributed by atoms with Crippen LogP contribution in [0.25, 0.3) is 44.4 Å². The normalized spacial score (nSPS) is 11.3.